The first-order valence-corrected chi connectivity index (χ1v) is 6.15. The Labute approximate surface area is 114 Å². The summed E-state index contributed by atoms with van der Waals surface area (Å²) in [6.07, 6.45) is 0. The number of nitro benzene ring substituents is 1. The first kappa shape index (κ1) is 12.4. The summed E-state index contributed by atoms with van der Waals surface area (Å²) in [6.45, 7) is -0.220. The zero-order valence-electron chi connectivity index (χ0n) is 10.5. The normalized spacial score (nSPS) is 10.8. The summed E-state index contributed by atoms with van der Waals surface area (Å²) in [5, 5.41) is 21.1. The van der Waals surface area contributed by atoms with Gasteiger partial charge in [0.1, 0.15) is 5.52 Å². The SMILES string of the molecule is O=[N+]([O-])c1cc(CO)cc2cc(-c3ccccc3)[nH]c12. The van der Waals surface area contributed by atoms with Crippen molar-refractivity contribution in [2.75, 3.05) is 0 Å². The molecule has 0 atom stereocenters. The number of hydrogen-bond donors (Lipinski definition) is 2. The fourth-order valence-electron chi connectivity index (χ4n) is 2.29. The zero-order valence-corrected chi connectivity index (χ0v) is 10.5. The number of H-pyrrole nitrogens is 1. The van der Waals surface area contributed by atoms with E-state index in [0.29, 0.717) is 11.1 Å². The van der Waals surface area contributed by atoms with Crippen LogP contribution < -0.4 is 0 Å². The summed E-state index contributed by atoms with van der Waals surface area (Å²) in [7, 11) is 0. The van der Waals surface area contributed by atoms with Crippen LogP contribution in [0.1, 0.15) is 5.56 Å². The number of nitrogens with one attached hydrogen (secondary N) is 1. The predicted molar refractivity (Wildman–Crippen MR) is 76.3 cm³/mol. The van der Waals surface area contributed by atoms with Crippen LogP contribution in [-0.2, 0) is 6.61 Å². The molecular weight excluding hydrogens is 256 g/mol. The van der Waals surface area contributed by atoms with Gasteiger partial charge in [-0.2, -0.15) is 0 Å². The number of benzene rings is 2. The van der Waals surface area contributed by atoms with Gasteiger partial charge in [0.25, 0.3) is 5.69 Å². The summed E-state index contributed by atoms with van der Waals surface area (Å²) in [5.74, 6) is 0. The molecule has 0 aliphatic carbocycles. The smallest absolute Gasteiger partial charge is 0.293 e. The molecule has 0 unspecified atom stereocenters. The molecule has 1 heterocycles. The lowest BCUT2D eigenvalue weighted by molar-refractivity contribution is -0.383. The second kappa shape index (κ2) is 4.79. The number of rotatable bonds is 3. The summed E-state index contributed by atoms with van der Waals surface area (Å²) in [5.41, 5.74) is 2.77. The first-order chi connectivity index (χ1) is 9.69. The quantitative estimate of drug-likeness (QED) is 0.565. The summed E-state index contributed by atoms with van der Waals surface area (Å²) in [4.78, 5) is 13.8. The number of fused-ring (bicyclic) bond motifs is 1. The van der Waals surface area contributed by atoms with Crippen LogP contribution in [0.25, 0.3) is 22.2 Å². The van der Waals surface area contributed by atoms with Gasteiger partial charge in [0.15, 0.2) is 0 Å². The van der Waals surface area contributed by atoms with Crippen molar-refractivity contribution in [3.63, 3.8) is 0 Å². The molecule has 5 nitrogen and oxygen atoms in total. The van der Waals surface area contributed by atoms with Crippen molar-refractivity contribution >= 4 is 16.6 Å². The molecule has 1 aromatic heterocycles. The maximum atomic E-state index is 11.1. The molecule has 3 rings (SSSR count). The van der Waals surface area contributed by atoms with E-state index in [1.165, 1.54) is 6.07 Å². The van der Waals surface area contributed by atoms with E-state index in [-0.39, 0.29) is 12.3 Å². The van der Waals surface area contributed by atoms with E-state index >= 15 is 0 Å². The number of aliphatic hydroxyl groups is 1. The highest BCUT2D eigenvalue weighted by Crippen LogP contribution is 2.31. The Hall–Kier alpha value is -2.66. The number of aromatic nitrogens is 1. The van der Waals surface area contributed by atoms with Crippen LogP contribution in [-0.4, -0.2) is 15.0 Å². The predicted octanol–water partition coefficient (Wildman–Crippen LogP) is 3.24. The molecule has 0 amide bonds. The molecule has 0 aliphatic heterocycles. The molecule has 0 spiro atoms. The number of aliphatic hydroxyl groups excluding tert-OH is 1. The average molecular weight is 268 g/mol. The van der Waals surface area contributed by atoms with Crippen molar-refractivity contribution in [3.05, 3.63) is 64.2 Å². The van der Waals surface area contributed by atoms with Gasteiger partial charge in [-0.05, 0) is 23.3 Å². The minimum absolute atomic E-state index is 0.0197. The van der Waals surface area contributed by atoms with Gasteiger partial charge in [-0.1, -0.05) is 30.3 Å². The first-order valence-electron chi connectivity index (χ1n) is 6.15. The zero-order chi connectivity index (χ0) is 14.1. The summed E-state index contributed by atoms with van der Waals surface area (Å²) in [6, 6.07) is 14.6. The summed E-state index contributed by atoms with van der Waals surface area (Å²) < 4.78 is 0. The second-order valence-electron chi connectivity index (χ2n) is 4.54. The lowest BCUT2D eigenvalue weighted by Gasteiger charge is -1.98. The van der Waals surface area contributed by atoms with E-state index in [0.717, 1.165) is 16.6 Å². The molecule has 100 valence electrons. The van der Waals surface area contributed by atoms with Crippen molar-refractivity contribution in [1.29, 1.82) is 0 Å². The molecule has 5 heteroatoms. The third-order valence-corrected chi connectivity index (χ3v) is 3.23. The fraction of sp³-hybridized carbons (Fsp3) is 0.0667. The molecule has 20 heavy (non-hydrogen) atoms. The Balaban J connectivity index is 2.25. The molecule has 3 aromatic rings. The Kier molecular flexibility index (Phi) is 2.96. The largest absolute Gasteiger partial charge is 0.392 e. The number of non-ortho nitro benzene ring substituents is 1. The van der Waals surface area contributed by atoms with Crippen LogP contribution in [0.15, 0.2) is 48.5 Å². The van der Waals surface area contributed by atoms with Gasteiger partial charge < -0.3 is 10.1 Å². The van der Waals surface area contributed by atoms with E-state index < -0.39 is 4.92 Å². The Bertz CT molecular complexity index is 778. The molecule has 0 saturated carbocycles. The van der Waals surface area contributed by atoms with Crippen molar-refractivity contribution in [3.8, 4) is 11.3 Å². The summed E-state index contributed by atoms with van der Waals surface area (Å²) >= 11 is 0. The maximum Gasteiger partial charge on any atom is 0.293 e. The van der Waals surface area contributed by atoms with E-state index in [9.17, 15) is 15.2 Å². The highest BCUT2D eigenvalue weighted by atomic mass is 16.6. The Morgan fingerprint density at radius 2 is 1.90 bits per heavy atom. The van der Waals surface area contributed by atoms with Gasteiger partial charge in [0.2, 0.25) is 0 Å². The lowest BCUT2D eigenvalue weighted by Crippen LogP contribution is -1.92. The Morgan fingerprint density at radius 1 is 1.15 bits per heavy atom. The van der Waals surface area contributed by atoms with Crippen LogP contribution in [0.4, 0.5) is 5.69 Å². The molecule has 2 N–H and O–H groups in total. The Morgan fingerprint density at radius 3 is 2.55 bits per heavy atom. The third-order valence-electron chi connectivity index (χ3n) is 3.23. The van der Waals surface area contributed by atoms with Crippen LogP contribution in [0.5, 0.6) is 0 Å². The molecule has 0 bridgehead atoms. The van der Waals surface area contributed by atoms with E-state index in [1.807, 2.05) is 36.4 Å². The number of nitro groups is 1. The minimum atomic E-state index is -0.438. The molecule has 0 radical (unpaired) electrons. The van der Waals surface area contributed by atoms with Gasteiger partial charge in [0.05, 0.1) is 11.5 Å². The standard InChI is InChI=1S/C15H12N2O3/c18-9-10-6-12-8-13(11-4-2-1-3-5-11)16-15(12)14(7-10)17(19)20/h1-8,16,18H,9H2. The van der Waals surface area contributed by atoms with Gasteiger partial charge >= 0.3 is 0 Å². The minimum Gasteiger partial charge on any atom is -0.392 e. The highest BCUT2D eigenvalue weighted by Gasteiger charge is 2.16. The van der Waals surface area contributed by atoms with Crippen LogP contribution >= 0.6 is 0 Å². The van der Waals surface area contributed by atoms with Gasteiger partial charge in [0, 0.05) is 17.1 Å². The molecule has 0 saturated heterocycles. The second-order valence-corrected chi connectivity index (χ2v) is 4.54. The van der Waals surface area contributed by atoms with Crippen molar-refractivity contribution < 1.29 is 10.0 Å². The number of hydrogen-bond acceptors (Lipinski definition) is 3. The number of nitrogens with zero attached hydrogens (tertiary/aromatic N) is 1. The average Bonchev–Trinajstić information content (AvgIpc) is 2.90. The molecule has 0 aliphatic rings. The third kappa shape index (κ3) is 2.04. The van der Waals surface area contributed by atoms with E-state index in [4.69, 9.17) is 0 Å². The molecular formula is C15H12N2O3. The van der Waals surface area contributed by atoms with Crippen LogP contribution in [0.2, 0.25) is 0 Å². The van der Waals surface area contributed by atoms with Crippen LogP contribution in [0.3, 0.4) is 0 Å². The molecule has 0 fully saturated rings. The van der Waals surface area contributed by atoms with E-state index in [2.05, 4.69) is 4.98 Å². The number of aromatic amines is 1. The monoisotopic (exact) mass is 268 g/mol. The molecule has 2 aromatic carbocycles. The van der Waals surface area contributed by atoms with Crippen molar-refractivity contribution in [2.24, 2.45) is 0 Å². The fourth-order valence-corrected chi connectivity index (χ4v) is 2.29. The highest BCUT2D eigenvalue weighted by molar-refractivity contribution is 5.92. The van der Waals surface area contributed by atoms with Crippen molar-refractivity contribution in [2.45, 2.75) is 6.61 Å². The van der Waals surface area contributed by atoms with Gasteiger partial charge in [-0.15, -0.1) is 0 Å². The van der Waals surface area contributed by atoms with Crippen molar-refractivity contribution in [1.82, 2.24) is 4.98 Å². The topological polar surface area (TPSA) is 79.2 Å². The maximum absolute atomic E-state index is 11.1. The van der Waals surface area contributed by atoms with Crippen LogP contribution in [0, 0.1) is 10.1 Å². The van der Waals surface area contributed by atoms with Gasteiger partial charge in [-0.3, -0.25) is 10.1 Å². The van der Waals surface area contributed by atoms with Gasteiger partial charge in [-0.25, -0.2) is 0 Å². The van der Waals surface area contributed by atoms with E-state index in [1.54, 1.807) is 6.07 Å². The lowest BCUT2D eigenvalue weighted by atomic mass is 10.1.